The van der Waals surface area contributed by atoms with Crippen LogP contribution < -0.4 is 5.32 Å². The van der Waals surface area contributed by atoms with Crippen LogP contribution in [-0.4, -0.2) is 62.7 Å². The summed E-state index contributed by atoms with van der Waals surface area (Å²) in [5.41, 5.74) is -0.464. The first-order chi connectivity index (χ1) is 10.5. The summed E-state index contributed by atoms with van der Waals surface area (Å²) in [4.78, 5) is 14.1. The molecule has 2 aliphatic heterocycles. The Morgan fingerprint density at radius 2 is 2.14 bits per heavy atom. The molecule has 1 aliphatic carbocycles. The molecule has 1 unspecified atom stereocenters. The number of ether oxygens (including phenoxy) is 1. The molecule has 0 radical (unpaired) electrons. The van der Waals surface area contributed by atoms with Crippen molar-refractivity contribution in [2.75, 3.05) is 37.7 Å². The van der Waals surface area contributed by atoms with E-state index in [0.29, 0.717) is 45.0 Å². The molecule has 3 aliphatic rings. The lowest BCUT2D eigenvalue weighted by molar-refractivity contribution is -0.102. The van der Waals surface area contributed by atoms with Crippen molar-refractivity contribution in [3.05, 3.63) is 12.2 Å². The molecule has 3 rings (SSSR count). The Bertz CT molecular complexity index is 544. The van der Waals surface area contributed by atoms with Crippen molar-refractivity contribution < 1.29 is 17.9 Å². The smallest absolute Gasteiger partial charge is 0.317 e. The summed E-state index contributed by atoms with van der Waals surface area (Å²) < 4.78 is 29.0. The molecule has 0 saturated carbocycles. The maximum Gasteiger partial charge on any atom is 0.317 e. The Morgan fingerprint density at radius 3 is 2.82 bits per heavy atom. The van der Waals surface area contributed by atoms with E-state index >= 15 is 0 Å². The number of carbonyl (C=O) groups excluding carboxylic acids is 1. The standard InChI is InChI=1S/C15H24N2O4S/c18-14(16-11-13-3-1-2-4-13)17-7-8-21-15(12-17)5-9-22(19,20)10-6-15/h1,3,13H,2,4-12H2,(H,16,18). The zero-order chi connectivity index (χ0) is 15.6. The second kappa shape index (κ2) is 6.20. The second-order valence-electron chi connectivity index (χ2n) is 6.56. The van der Waals surface area contributed by atoms with Crippen LogP contribution in [0, 0.1) is 5.92 Å². The van der Waals surface area contributed by atoms with Gasteiger partial charge in [-0.25, -0.2) is 13.2 Å². The molecule has 2 saturated heterocycles. The predicted molar refractivity (Wildman–Crippen MR) is 83.4 cm³/mol. The fourth-order valence-electron chi connectivity index (χ4n) is 3.43. The predicted octanol–water partition coefficient (Wildman–Crippen LogP) is 0.942. The van der Waals surface area contributed by atoms with E-state index in [0.717, 1.165) is 12.8 Å². The molecule has 1 spiro atoms. The van der Waals surface area contributed by atoms with Crippen LogP contribution in [0.3, 0.4) is 0 Å². The van der Waals surface area contributed by atoms with Crippen LogP contribution in [0.15, 0.2) is 12.2 Å². The van der Waals surface area contributed by atoms with Gasteiger partial charge in [0.05, 0.1) is 30.3 Å². The summed E-state index contributed by atoms with van der Waals surface area (Å²) in [5, 5.41) is 2.99. The van der Waals surface area contributed by atoms with Crippen molar-refractivity contribution in [1.82, 2.24) is 10.2 Å². The number of urea groups is 1. The van der Waals surface area contributed by atoms with E-state index in [1.807, 2.05) is 0 Å². The highest BCUT2D eigenvalue weighted by Gasteiger charge is 2.42. The summed E-state index contributed by atoms with van der Waals surface area (Å²) in [5.74, 6) is 0.767. The summed E-state index contributed by atoms with van der Waals surface area (Å²) >= 11 is 0. The van der Waals surface area contributed by atoms with Gasteiger partial charge in [-0.05, 0) is 31.6 Å². The molecule has 0 aromatic heterocycles. The van der Waals surface area contributed by atoms with Crippen molar-refractivity contribution in [3.8, 4) is 0 Å². The summed E-state index contributed by atoms with van der Waals surface area (Å²) in [6, 6.07) is -0.0589. The van der Waals surface area contributed by atoms with E-state index < -0.39 is 15.4 Å². The summed E-state index contributed by atoms with van der Waals surface area (Å²) in [6.07, 6.45) is 7.49. The second-order valence-corrected chi connectivity index (χ2v) is 8.86. The number of rotatable bonds is 2. The van der Waals surface area contributed by atoms with Crippen LogP contribution in [0.25, 0.3) is 0 Å². The molecule has 2 amide bonds. The first-order valence-corrected chi connectivity index (χ1v) is 9.84. The number of carbonyl (C=O) groups is 1. The number of nitrogens with zero attached hydrogens (tertiary/aromatic N) is 1. The Balaban J connectivity index is 1.53. The summed E-state index contributed by atoms with van der Waals surface area (Å²) in [6.45, 7) is 2.22. The van der Waals surface area contributed by atoms with Crippen LogP contribution in [-0.2, 0) is 14.6 Å². The average Bonchev–Trinajstić information content (AvgIpc) is 3.02. The van der Waals surface area contributed by atoms with Gasteiger partial charge in [0.1, 0.15) is 0 Å². The molecular formula is C15H24N2O4S. The van der Waals surface area contributed by atoms with E-state index in [1.165, 1.54) is 0 Å². The third kappa shape index (κ3) is 3.63. The minimum Gasteiger partial charge on any atom is -0.371 e. The molecule has 0 bridgehead atoms. The average molecular weight is 328 g/mol. The van der Waals surface area contributed by atoms with Gasteiger partial charge >= 0.3 is 6.03 Å². The van der Waals surface area contributed by atoms with E-state index in [1.54, 1.807) is 4.90 Å². The molecular weight excluding hydrogens is 304 g/mol. The molecule has 22 heavy (non-hydrogen) atoms. The van der Waals surface area contributed by atoms with Gasteiger partial charge in [-0.1, -0.05) is 12.2 Å². The SMILES string of the molecule is O=C(NCC1C=CCC1)N1CCOC2(CCS(=O)(=O)CC2)C1. The normalized spacial score (nSPS) is 29.6. The maximum absolute atomic E-state index is 12.3. The molecule has 0 aromatic rings. The Morgan fingerprint density at radius 1 is 1.36 bits per heavy atom. The highest BCUT2D eigenvalue weighted by molar-refractivity contribution is 7.91. The van der Waals surface area contributed by atoms with Crippen LogP contribution in [0.2, 0.25) is 0 Å². The molecule has 124 valence electrons. The Hall–Kier alpha value is -1.08. The van der Waals surface area contributed by atoms with E-state index in [-0.39, 0.29) is 17.5 Å². The number of sulfone groups is 1. The van der Waals surface area contributed by atoms with Crippen LogP contribution in [0.4, 0.5) is 4.79 Å². The van der Waals surface area contributed by atoms with Crippen molar-refractivity contribution in [1.29, 1.82) is 0 Å². The van der Waals surface area contributed by atoms with Gasteiger partial charge in [0.2, 0.25) is 0 Å². The number of nitrogens with one attached hydrogen (secondary N) is 1. The molecule has 2 heterocycles. The maximum atomic E-state index is 12.3. The zero-order valence-electron chi connectivity index (χ0n) is 12.8. The highest BCUT2D eigenvalue weighted by atomic mass is 32.2. The van der Waals surface area contributed by atoms with Gasteiger partial charge in [0.25, 0.3) is 0 Å². The lowest BCUT2D eigenvalue weighted by Gasteiger charge is -2.44. The topological polar surface area (TPSA) is 75.7 Å². The monoisotopic (exact) mass is 328 g/mol. The quantitative estimate of drug-likeness (QED) is 0.766. The van der Waals surface area contributed by atoms with E-state index in [2.05, 4.69) is 17.5 Å². The van der Waals surface area contributed by atoms with Crippen molar-refractivity contribution in [2.24, 2.45) is 5.92 Å². The lowest BCUT2D eigenvalue weighted by Crippen LogP contribution is -2.58. The van der Waals surface area contributed by atoms with Crippen molar-refractivity contribution >= 4 is 15.9 Å². The number of amides is 2. The van der Waals surface area contributed by atoms with Gasteiger partial charge < -0.3 is 15.0 Å². The van der Waals surface area contributed by atoms with Gasteiger partial charge in [-0.15, -0.1) is 0 Å². The number of allylic oxidation sites excluding steroid dienone is 1. The largest absolute Gasteiger partial charge is 0.371 e. The number of hydrogen-bond acceptors (Lipinski definition) is 4. The van der Waals surface area contributed by atoms with Gasteiger partial charge in [-0.3, -0.25) is 0 Å². The van der Waals surface area contributed by atoms with E-state index in [9.17, 15) is 13.2 Å². The summed E-state index contributed by atoms with van der Waals surface area (Å²) in [7, 11) is -2.92. The van der Waals surface area contributed by atoms with Crippen molar-refractivity contribution in [3.63, 3.8) is 0 Å². The molecule has 0 aromatic carbocycles. The first-order valence-electron chi connectivity index (χ1n) is 8.02. The third-order valence-electron chi connectivity index (χ3n) is 4.90. The van der Waals surface area contributed by atoms with Gasteiger partial charge in [0.15, 0.2) is 9.84 Å². The van der Waals surface area contributed by atoms with Crippen LogP contribution >= 0.6 is 0 Å². The fraction of sp³-hybridized carbons (Fsp3) is 0.800. The molecule has 1 N–H and O–H groups in total. The van der Waals surface area contributed by atoms with Crippen LogP contribution in [0.1, 0.15) is 25.7 Å². The lowest BCUT2D eigenvalue weighted by atomic mass is 9.94. The molecule has 7 heteroatoms. The van der Waals surface area contributed by atoms with Crippen molar-refractivity contribution in [2.45, 2.75) is 31.3 Å². The number of morpholine rings is 1. The molecule has 6 nitrogen and oxygen atoms in total. The van der Waals surface area contributed by atoms with Gasteiger partial charge in [0, 0.05) is 13.1 Å². The first kappa shape index (κ1) is 15.8. The Kier molecular flexibility index (Phi) is 4.45. The zero-order valence-corrected chi connectivity index (χ0v) is 13.6. The van der Waals surface area contributed by atoms with Gasteiger partial charge in [-0.2, -0.15) is 0 Å². The fourth-order valence-corrected chi connectivity index (χ4v) is 5.00. The van der Waals surface area contributed by atoms with E-state index in [4.69, 9.17) is 4.74 Å². The van der Waals surface area contributed by atoms with Crippen LogP contribution in [0.5, 0.6) is 0 Å². The minimum atomic E-state index is -2.92. The Labute approximate surface area is 131 Å². The molecule has 2 fully saturated rings. The minimum absolute atomic E-state index is 0.0589. The third-order valence-corrected chi connectivity index (χ3v) is 6.55. The highest BCUT2D eigenvalue weighted by Crippen LogP contribution is 2.31. The number of hydrogen-bond donors (Lipinski definition) is 1. The molecule has 1 atom stereocenters.